The lowest BCUT2D eigenvalue weighted by Gasteiger charge is -2.15. The van der Waals surface area contributed by atoms with Gasteiger partial charge < -0.3 is 5.73 Å². The van der Waals surface area contributed by atoms with Crippen LogP contribution in [-0.2, 0) is 0 Å². The summed E-state index contributed by atoms with van der Waals surface area (Å²) in [7, 11) is 0. The molecule has 0 radical (unpaired) electrons. The Morgan fingerprint density at radius 3 is 2.52 bits per heavy atom. The monoisotopic (exact) mass is 287 g/mol. The van der Waals surface area contributed by atoms with Gasteiger partial charge in [0.05, 0.1) is 11.2 Å². The number of rotatable bonds is 2. The Labute approximate surface area is 121 Å². The molecule has 21 heavy (non-hydrogen) atoms. The van der Waals surface area contributed by atoms with Crippen LogP contribution in [0, 0.1) is 11.6 Å². The Morgan fingerprint density at radius 1 is 1.10 bits per heavy atom. The van der Waals surface area contributed by atoms with E-state index in [4.69, 9.17) is 5.73 Å². The molecule has 0 saturated heterocycles. The van der Waals surface area contributed by atoms with Crippen LogP contribution in [0.15, 0.2) is 36.4 Å². The van der Waals surface area contributed by atoms with Crippen LogP contribution in [0.25, 0.3) is 16.7 Å². The fourth-order valence-electron chi connectivity index (χ4n) is 2.54. The number of hydrogen-bond acceptors (Lipinski definition) is 2. The Balaban J connectivity index is 2.41. The second kappa shape index (κ2) is 4.84. The SMILES string of the molecule is CC(C)c1ccccc1-n1c(N)nc2ccc(F)c(F)c21. The number of hydrogen-bond donors (Lipinski definition) is 1. The topological polar surface area (TPSA) is 43.8 Å². The van der Waals surface area contributed by atoms with E-state index in [-0.39, 0.29) is 17.4 Å². The zero-order valence-corrected chi connectivity index (χ0v) is 11.8. The summed E-state index contributed by atoms with van der Waals surface area (Å²) in [6, 6.07) is 10.0. The molecule has 0 spiro atoms. The quantitative estimate of drug-likeness (QED) is 0.774. The number of para-hydroxylation sites is 1. The van der Waals surface area contributed by atoms with Crippen LogP contribution in [0.4, 0.5) is 14.7 Å². The highest BCUT2D eigenvalue weighted by molar-refractivity contribution is 5.82. The molecule has 5 heteroatoms. The molecule has 3 aromatic rings. The maximum Gasteiger partial charge on any atom is 0.206 e. The second-order valence-electron chi connectivity index (χ2n) is 5.25. The minimum absolute atomic E-state index is 0.0700. The molecule has 2 N–H and O–H groups in total. The molecule has 0 unspecified atom stereocenters. The number of nitrogens with two attached hydrogens (primary N) is 1. The number of nitrogens with zero attached hydrogens (tertiary/aromatic N) is 2. The Kier molecular flexibility index (Phi) is 3.12. The Hall–Kier alpha value is -2.43. The van der Waals surface area contributed by atoms with Gasteiger partial charge in [0.2, 0.25) is 5.95 Å². The minimum Gasteiger partial charge on any atom is -0.369 e. The van der Waals surface area contributed by atoms with Crippen molar-refractivity contribution in [1.29, 1.82) is 0 Å². The van der Waals surface area contributed by atoms with Crippen molar-refractivity contribution < 1.29 is 8.78 Å². The number of benzene rings is 2. The first-order chi connectivity index (χ1) is 10.0. The van der Waals surface area contributed by atoms with E-state index in [0.29, 0.717) is 5.52 Å². The van der Waals surface area contributed by atoms with E-state index in [9.17, 15) is 8.78 Å². The van der Waals surface area contributed by atoms with Gasteiger partial charge in [0.15, 0.2) is 11.6 Å². The molecule has 1 heterocycles. The van der Waals surface area contributed by atoms with Gasteiger partial charge in [-0.3, -0.25) is 4.57 Å². The first kappa shape index (κ1) is 13.5. The number of fused-ring (bicyclic) bond motifs is 1. The number of imidazole rings is 1. The van der Waals surface area contributed by atoms with Crippen LogP contribution in [0.5, 0.6) is 0 Å². The van der Waals surface area contributed by atoms with Gasteiger partial charge in [-0.25, -0.2) is 13.8 Å². The predicted octanol–water partition coefficient (Wildman–Crippen LogP) is 4.01. The zero-order valence-electron chi connectivity index (χ0n) is 11.8. The average Bonchev–Trinajstić information content (AvgIpc) is 2.80. The van der Waals surface area contributed by atoms with Gasteiger partial charge in [0.1, 0.15) is 5.52 Å². The molecule has 0 aliphatic heterocycles. The van der Waals surface area contributed by atoms with Crippen molar-refractivity contribution in [2.45, 2.75) is 19.8 Å². The van der Waals surface area contributed by atoms with Crippen molar-refractivity contribution in [1.82, 2.24) is 9.55 Å². The molecule has 0 aliphatic rings. The highest BCUT2D eigenvalue weighted by Crippen LogP contribution is 2.30. The number of aromatic nitrogens is 2. The molecule has 0 amide bonds. The third kappa shape index (κ3) is 2.05. The summed E-state index contributed by atoms with van der Waals surface area (Å²) < 4.78 is 29.2. The maximum atomic E-state index is 14.2. The molecule has 0 saturated carbocycles. The largest absolute Gasteiger partial charge is 0.369 e. The lowest BCUT2D eigenvalue weighted by atomic mass is 10.0. The highest BCUT2D eigenvalue weighted by Gasteiger charge is 2.19. The second-order valence-corrected chi connectivity index (χ2v) is 5.25. The van der Waals surface area contributed by atoms with Crippen LogP contribution in [-0.4, -0.2) is 9.55 Å². The van der Waals surface area contributed by atoms with E-state index in [1.54, 1.807) is 0 Å². The van der Waals surface area contributed by atoms with Gasteiger partial charge in [-0.05, 0) is 29.7 Å². The van der Waals surface area contributed by atoms with E-state index in [0.717, 1.165) is 17.3 Å². The predicted molar refractivity (Wildman–Crippen MR) is 79.5 cm³/mol. The zero-order chi connectivity index (χ0) is 15.1. The smallest absolute Gasteiger partial charge is 0.206 e. The number of anilines is 1. The minimum atomic E-state index is -0.935. The summed E-state index contributed by atoms with van der Waals surface area (Å²) in [6.07, 6.45) is 0. The van der Waals surface area contributed by atoms with Crippen LogP contribution in [0.3, 0.4) is 0 Å². The molecule has 0 atom stereocenters. The summed E-state index contributed by atoms with van der Waals surface area (Å²) >= 11 is 0. The third-order valence-corrected chi connectivity index (χ3v) is 3.54. The van der Waals surface area contributed by atoms with Crippen molar-refractivity contribution in [3.63, 3.8) is 0 Å². The van der Waals surface area contributed by atoms with Crippen molar-refractivity contribution in [3.05, 3.63) is 53.6 Å². The van der Waals surface area contributed by atoms with E-state index >= 15 is 0 Å². The van der Waals surface area contributed by atoms with Crippen LogP contribution in [0.2, 0.25) is 0 Å². The molecule has 3 nitrogen and oxygen atoms in total. The molecule has 0 bridgehead atoms. The van der Waals surface area contributed by atoms with Crippen LogP contribution in [0.1, 0.15) is 25.3 Å². The average molecular weight is 287 g/mol. The molecular formula is C16H15F2N3. The molecule has 0 fully saturated rings. The van der Waals surface area contributed by atoms with Gasteiger partial charge in [0, 0.05) is 0 Å². The van der Waals surface area contributed by atoms with E-state index in [1.807, 2.05) is 38.1 Å². The van der Waals surface area contributed by atoms with E-state index in [2.05, 4.69) is 4.98 Å². The number of nitrogen functional groups attached to an aromatic ring is 1. The summed E-state index contributed by atoms with van der Waals surface area (Å²) in [4.78, 5) is 4.13. The van der Waals surface area contributed by atoms with Gasteiger partial charge >= 0.3 is 0 Å². The molecule has 108 valence electrons. The van der Waals surface area contributed by atoms with Crippen molar-refractivity contribution in [2.75, 3.05) is 5.73 Å². The Morgan fingerprint density at radius 2 is 1.81 bits per heavy atom. The van der Waals surface area contributed by atoms with Gasteiger partial charge in [-0.1, -0.05) is 32.0 Å². The third-order valence-electron chi connectivity index (χ3n) is 3.54. The molecule has 3 rings (SSSR count). The molecule has 0 aliphatic carbocycles. The standard InChI is InChI=1S/C16H15F2N3/c1-9(2)10-5-3-4-6-13(10)21-15-12(20-16(21)19)8-7-11(17)14(15)18/h3-9H,1-2H3,(H2,19,20). The first-order valence-electron chi connectivity index (χ1n) is 6.72. The molecular weight excluding hydrogens is 272 g/mol. The summed E-state index contributed by atoms with van der Waals surface area (Å²) in [5, 5.41) is 0. The summed E-state index contributed by atoms with van der Waals surface area (Å²) in [6.45, 7) is 4.07. The lowest BCUT2D eigenvalue weighted by molar-refractivity contribution is 0.514. The highest BCUT2D eigenvalue weighted by atomic mass is 19.2. The summed E-state index contributed by atoms with van der Waals surface area (Å²) in [5.74, 6) is -1.49. The van der Waals surface area contributed by atoms with Crippen molar-refractivity contribution >= 4 is 17.0 Å². The Bertz CT molecular complexity index is 822. The van der Waals surface area contributed by atoms with E-state index < -0.39 is 11.6 Å². The van der Waals surface area contributed by atoms with Crippen LogP contribution >= 0.6 is 0 Å². The lowest BCUT2D eigenvalue weighted by Crippen LogP contribution is -2.06. The van der Waals surface area contributed by atoms with Gasteiger partial charge in [-0.2, -0.15) is 0 Å². The number of halogens is 2. The summed E-state index contributed by atoms with van der Waals surface area (Å²) in [5.41, 5.74) is 8.06. The fourth-order valence-corrected chi connectivity index (χ4v) is 2.54. The first-order valence-corrected chi connectivity index (χ1v) is 6.72. The van der Waals surface area contributed by atoms with Crippen LogP contribution < -0.4 is 5.73 Å². The maximum absolute atomic E-state index is 14.2. The van der Waals surface area contributed by atoms with Crippen molar-refractivity contribution in [2.24, 2.45) is 0 Å². The normalized spacial score (nSPS) is 11.5. The molecule has 1 aromatic heterocycles. The van der Waals surface area contributed by atoms with E-state index in [1.165, 1.54) is 10.6 Å². The van der Waals surface area contributed by atoms with Crippen molar-refractivity contribution in [3.8, 4) is 5.69 Å². The fraction of sp³-hybridized carbons (Fsp3) is 0.188. The van der Waals surface area contributed by atoms with Gasteiger partial charge in [0.25, 0.3) is 0 Å². The molecule has 2 aromatic carbocycles. The van der Waals surface area contributed by atoms with Gasteiger partial charge in [-0.15, -0.1) is 0 Å².